The van der Waals surface area contributed by atoms with Crippen LogP contribution in [-0.4, -0.2) is 26.2 Å². The molecule has 1 amide bonds. The maximum Gasteiger partial charge on any atom is 0.225 e. The van der Waals surface area contributed by atoms with E-state index in [1.54, 1.807) is 30.5 Å². The number of benzene rings is 1. The average molecular weight is 324 g/mol. The van der Waals surface area contributed by atoms with E-state index in [4.69, 9.17) is 0 Å². The third-order valence-electron chi connectivity index (χ3n) is 3.14. The van der Waals surface area contributed by atoms with Crippen LogP contribution < -0.4 is 5.32 Å². The molecule has 116 valence electrons. The summed E-state index contributed by atoms with van der Waals surface area (Å²) in [4.78, 5) is 21.4. The van der Waals surface area contributed by atoms with Gasteiger partial charge in [0.2, 0.25) is 5.91 Å². The van der Waals surface area contributed by atoms with E-state index in [0.717, 1.165) is 11.6 Å². The fourth-order valence-corrected chi connectivity index (χ4v) is 2.88. The summed E-state index contributed by atoms with van der Waals surface area (Å²) in [6, 6.07) is 13.7. The number of nitrogens with one attached hydrogen (secondary N) is 1. The molecule has 2 heterocycles. The zero-order chi connectivity index (χ0) is 15.9. The minimum atomic E-state index is -0.00869. The van der Waals surface area contributed by atoms with E-state index in [1.165, 1.54) is 4.90 Å². The first kappa shape index (κ1) is 15.3. The minimum Gasteiger partial charge on any atom is -0.325 e. The van der Waals surface area contributed by atoms with Crippen LogP contribution >= 0.6 is 11.8 Å². The van der Waals surface area contributed by atoms with Gasteiger partial charge in [0.05, 0.1) is 11.9 Å². The quantitative estimate of drug-likeness (QED) is 0.706. The molecule has 0 atom stereocenters. The van der Waals surface area contributed by atoms with Gasteiger partial charge in [-0.1, -0.05) is 18.2 Å². The van der Waals surface area contributed by atoms with Gasteiger partial charge in [0.1, 0.15) is 12.1 Å². The summed E-state index contributed by atoms with van der Waals surface area (Å²) in [5.41, 5.74) is 0.698. The summed E-state index contributed by atoms with van der Waals surface area (Å²) in [6.45, 7) is 0. The Bertz CT molecular complexity index is 742. The highest BCUT2D eigenvalue weighted by molar-refractivity contribution is 7.99. The Morgan fingerprint density at radius 1 is 1.17 bits per heavy atom. The molecule has 0 fully saturated rings. The Morgan fingerprint density at radius 2 is 2.04 bits per heavy atom. The zero-order valence-corrected chi connectivity index (χ0v) is 13.2. The first-order chi connectivity index (χ1) is 11.3. The lowest BCUT2D eigenvalue weighted by Crippen LogP contribution is -2.12. The standard InChI is InChI=1S/C17H16N4OS/c22-17(8-11-23-15-4-2-1-3-5-15)20-14-6-7-16(19-12-14)21-10-9-18-13-21/h1-7,9-10,12-13H,8,11H2,(H,20,22). The summed E-state index contributed by atoms with van der Waals surface area (Å²) in [5, 5.41) is 2.86. The van der Waals surface area contributed by atoms with Crippen molar-refractivity contribution in [2.75, 3.05) is 11.1 Å². The van der Waals surface area contributed by atoms with Crippen molar-refractivity contribution in [3.63, 3.8) is 0 Å². The maximum atomic E-state index is 11.9. The van der Waals surface area contributed by atoms with Crippen LogP contribution in [0.4, 0.5) is 5.69 Å². The summed E-state index contributed by atoms with van der Waals surface area (Å²) in [6.07, 6.45) is 7.31. The van der Waals surface area contributed by atoms with Gasteiger partial charge < -0.3 is 5.32 Å². The third-order valence-corrected chi connectivity index (χ3v) is 4.16. The van der Waals surface area contributed by atoms with Crippen LogP contribution in [0.15, 0.2) is 72.3 Å². The number of aromatic nitrogens is 3. The van der Waals surface area contributed by atoms with E-state index >= 15 is 0 Å². The summed E-state index contributed by atoms with van der Waals surface area (Å²) < 4.78 is 1.81. The van der Waals surface area contributed by atoms with Crippen LogP contribution in [0, 0.1) is 0 Å². The number of nitrogens with zero attached hydrogens (tertiary/aromatic N) is 3. The Morgan fingerprint density at radius 3 is 2.74 bits per heavy atom. The molecule has 5 nitrogen and oxygen atoms in total. The van der Waals surface area contributed by atoms with Gasteiger partial charge in [0.25, 0.3) is 0 Å². The first-order valence-corrected chi connectivity index (χ1v) is 8.22. The molecule has 1 N–H and O–H groups in total. The van der Waals surface area contributed by atoms with Gasteiger partial charge in [-0.15, -0.1) is 11.8 Å². The van der Waals surface area contributed by atoms with Crippen molar-refractivity contribution in [3.05, 3.63) is 67.4 Å². The number of pyridine rings is 1. The molecule has 0 bridgehead atoms. The first-order valence-electron chi connectivity index (χ1n) is 7.23. The largest absolute Gasteiger partial charge is 0.325 e. The number of carbonyl (C=O) groups is 1. The molecule has 0 aliphatic rings. The fraction of sp³-hybridized carbons (Fsp3) is 0.118. The molecule has 1 aromatic carbocycles. The second-order valence-corrected chi connectivity index (χ2v) is 6.00. The molecular weight excluding hydrogens is 308 g/mol. The number of carbonyl (C=O) groups excluding carboxylic acids is 1. The number of thioether (sulfide) groups is 1. The number of amides is 1. The summed E-state index contributed by atoms with van der Waals surface area (Å²) >= 11 is 1.67. The molecule has 0 saturated carbocycles. The smallest absolute Gasteiger partial charge is 0.225 e. The van der Waals surface area contributed by atoms with E-state index < -0.39 is 0 Å². The lowest BCUT2D eigenvalue weighted by molar-refractivity contribution is -0.115. The second-order valence-electron chi connectivity index (χ2n) is 4.83. The number of imidazole rings is 1. The topological polar surface area (TPSA) is 59.8 Å². The van der Waals surface area contributed by atoms with E-state index in [0.29, 0.717) is 12.1 Å². The monoisotopic (exact) mass is 324 g/mol. The van der Waals surface area contributed by atoms with Gasteiger partial charge in [0, 0.05) is 29.5 Å². The van der Waals surface area contributed by atoms with Crippen molar-refractivity contribution in [1.82, 2.24) is 14.5 Å². The van der Waals surface area contributed by atoms with Crippen molar-refractivity contribution in [2.24, 2.45) is 0 Å². The van der Waals surface area contributed by atoms with E-state index in [2.05, 4.69) is 15.3 Å². The number of anilines is 1. The molecule has 0 saturated heterocycles. The predicted molar refractivity (Wildman–Crippen MR) is 91.8 cm³/mol. The average Bonchev–Trinajstić information content (AvgIpc) is 3.11. The van der Waals surface area contributed by atoms with E-state index in [1.807, 2.05) is 53.2 Å². The van der Waals surface area contributed by atoms with Gasteiger partial charge in [-0.2, -0.15) is 0 Å². The van der Waals surface area contributed by atoms with Gasteiger partial charge in [-0.25, -0.2) is 9.97 Å². The predicted octanol–water partition coefficient (Wildman–Crippen LogP) is 3.39. The molecule has 23 heavy (non-hydrogen) atoms. The van der Waals surface area contributed by atoms with Crippen LogP contribution in [0.1, 0.15) is 6.42 Å². The maximum absolute atomic E-state index is 11.9. The summed E-state index contributed by atoms with van der Waals surface area (Å²) in [7, 11) is 0. The highest BCUT2D eigenvalue weighted by atomic mass is 32.2. The fourth-order valence-electron chi connectivity index (χ4n) is 2.01. The lowest BCUT2D eigenvalue weighted by atomic mass is 10.3. The van der Waals surface area contributed by atoms with Gasteiger partial charge >= 0.3 is 0 Å². The van der Waals surface area contributed by atoms with Gasteiger partial charge in [-0.05, 0) is 24.3 Å². The number of hydrogen-bond acceptors (Lipinski definition) is 4. The molecule has 3 aromatic rings. The number of rotatable bonds is 6. The van der Waals surface area contributed by atoms with Crippen molar-refractivity contribution < 1.29 is 4.79 Å². The number of hydrogen-bond donors (Lipinski definition) is 1. The SMILES string of the molecule is O=C(CCSc1ccccc1)Nc1ccc(-n2ccnc2)nc1. The van der Waals surface area contributed by atoms with Crippen molar-refractivity contribution in [1.29, 1.82) is 0 Å². The normalized spacial score (nSPS) is 10.4. The van der Waals surface area contributed by atoms with E-state index in [9.17, 15) is 4.79 Å². The highest BCUT2D eigenvalue weighted by Crippen LogP contribution is 2.18. The Kier molecular flexibility index (Phi) is 5.06. The van der Waals surface area contributed by atoms with Gasteiger partial charge in [-0.3, -0.25) is 9.36 Å². The highest BCUT2D eigenvalue weighted by Gasteiger charge is 2.04. The van der Waals surface area contributed by atoms with Crippen LogP contribution in [0.5, 0.6) is 0 Å². The van der Waals surface area contributed by atoms with Crippen molar-refractivity contribution >= 4 is 23.4 Å². The molecule has 0 spiro atoms. The molecule has 0 aliphatic carbocycles. The lowest BCUT2D eigenvalue weighted by Gasteiger charge is -2.06. The van der Waals surface area contributed by atoms with Crippen molar-refractivity contribution in [3.8, 4) is 5.82 Å². The van der Waals surface area contributed by atoms with Crippen LogP contribution in [0.2, 0.25) is 0 Å². The zero-order valence-electron chi connectivity index (χ0n) is 12.4. The second kappa shape index (κ2) is 7.60. The Balaban J connectivity index is 1.48. The van der Waals surface area contributed by atoms with Crippen LogP contribution in [0.3, 0.4) is 0 Å². The van der Waals surface area contributed by atoms with E-state index in [-0.39, 0.29) is 5.91 Å². The van der Waals surface area contributed by atoms with Crippen molar-refractivity contribution in [2.45, 2.75) is 11.3 Å². The minimum absolute atomic E-state index is 0.00869. The molecule has 0 aliphatic heterocycles. The molecular formula is C17H16N4OS. The molecule has 6 heteroatoms. The Hall–Kier alpha value is -2.60. The molecule has 2 aromatic heterocycles. The van der Waals surface area contributed by atoms with Crippen LogP contribution in [0.25, 0.3) is 5.82 Å². The molecule has 0 radical (unpaired) electrons. The summed E-state index contributed by atoms with van der Waals surface area (Å²) in [5.74, 6) is 1.50. The third kappa shape index (κ3) is 4.43. The van der Waals surface area contributed by atoms with Crippen LogP contribution in [-0.2, 0) is 4.79 Å². The molecule has 0 unspecified atom stereocenters. The molecule has 3 rings (SSSR count). The van der Waals surface area contributed by atoms with Gasteiger partial charge in [0.15, 0.2) is 0 Å². The Labute approximate surface area is 138 Å².